The van der Waals surface area contributed by atoms with E-state index < -0.39 is 5.60 Å². The lowest BCUT2D eigenvalue weighted by Gasteiger charge is -2.63. The lowest BCUT2D eigenvalue weighted by Crippen LogP contribution is -2.68. The summed E-state index contributed by atoms with van der Waals surface area (Å²) >= 11 is 0. The van der Waals surface area contributed by atoms with E-state index in [-0.39, 0.29) is 23.7 Å². The van der Waals surface area contributed by atoms with Crippen LogP contribution in [0.15, 0.2) is 54.6 Å². The van der Waals surface area contributed by atoms with E-state index in [0.717, 1.165) is 50.9 Å². The Morgan fingerprint density at radius 1 is 0.963 bits per heavy atom. The van der Waals surface area contributed by atoms with Crippen LogP contribution in [-0.4, -0.2) is 52.1 Å². The Balaban J connectivity index is 1.29. The van der Waals surface area contributed by atoms with Gasteiger partial charge in [-0.3, -0.25) is 0 Å². The molecule has 4 heteroatoms. The van der Waals surface area contributed by atoms with Crippen LogP contribution in [0.25, 0.3) is 0 Å². The number of hydrogen-bond acceptors (Lipinski definition) is 4. The van der Waals surface area contributed by atoms with Crippen LogP contribution in [0.2, 0.25) is 0 Å². The minimum absolute atomic E-state index is 0.168. The van der Waals surface area contributed by atoms with Gasteiger partial charge in [-0.05, 0) is 48.4 Å². The van der Waals surface area contributed by atoms with Crippen LogP contribution in [-0.2, 0) is 6.42 Å². The molecule has 1 aliphatic heterocycles. The van der Waals surface area contributed by atoms with Crippen molar-refractivity contribution in [1.29, 1.82) is 0 Å². The summed E-state index contributed by atoms with van der Waals surface area (Å²) in [6.07, 6.45) is 3.24. The van der Waals surface area contributed by atoms with Crippen LogP contribution in [0.4, 0.5) is 0 Å². The standard InChI is InChI=1S/C23H29NO3/c25-11-10-20(19-6-8-21(26)9-7-19)13-24-16-22(17-24)14-23(27,15-22)12-18-4-2-1-3-5-18/h1-9,20,25-27H,10-17H2. The molecular weight excluding hydrogens is 338 g/mol. The number of aromatic hydroxyl groups is 1. The molecule has 0 radical (unpaired) electrons. The summed E-state index contributed by atoms with van der Waals surface area (Å²) < 4.78 is 0. The molecule has 4 nitrogen and oxygen atoms in total. The second-order valence-electron chi connectivity index (χ2n) is 8.71. The van der Waals surface area contributed by atoms with E-state index >= 15 is 0 Å². The molecule has 1 unspecified atom stereocenters. The van der Waals surface area contributed by atoms with Gasteiger partial charge in [0.1, 0.15) is 5.75 Å². The highest BCUT2D eigenvalue weighted by Gasteiger charge is 2.59. The van der Waals surface area contributed by atoms with Crippen LogP contribution < -0.4 is 0 Å². The van der Waals surface area contributed by atoms with Gasteiger partial charge in [0.05, 0.1) is 5.60 Å². The fraction of sp³-hybridized carbons (Fsp3) is 0.478. The van der Waals surface area contributed by atoms with E-state index in [9.17, 15) is 15.3 Å². The maximum Gasteiger partial charge on any atom is 0.115 e. The molecule has 1 aliphatic carbocycles. The summed E-state index contributed by atoms with van der Waals surface area (Å²) in [5.41, 5.74) is 2.11. The molecule has 1 spiro atoms. The zero-order valence-electron chi connectivity index (χ0n) is 15.7. The summed E-state index contributed by atoms with van der Waals surface area (Å²) in [4.78, 5) is 2.44. The van der Waals surface area contributed by atoms with Gasteiger partial charge in [-0.1, -0.05) is 42.5 Å². The van der Waals surface area contributed by atoms with Crippen LogP contribution >= 0.6 is 0 Å². The highest BCUT2D eigenvalue weighted by molar-refractivity contribution is 5.29. The van der Waals surface area contributed by atoms with Gasteiger partial charge in [0, 0.05) is 38.1 Å². The van der Waals surface area contributed by atoms with E-state index in [0.29, 0.717) is 0 Å². The predicted octanol–water partition coefficient (Wildman–Crippen LogP) is 2.93. The first-order chi connectivity index (χ1) is 13.0. The van der Waals surface area contributed by atoms with Crippen molar-refractivity contribution in [2.24, 2.45) is 5.41 Å². The molecule has 2 aromatic rings. The first-order valence-corrected chi connectivity index (χ1v) is 9.88. The molecule has 2 fully saturated rings. The number of nitrogens with zero attached hydrogens (tertiary/aromatic N) is 1. The summed E-state index contributed by atoms with van der Waals surface area (Å²) in [5, 5.41) is 29.8. The first-order valence-electron chi connectivity index (χ1n) is 9.88. The van der Waals surface area contributed by atoms with Crippen LogP contribution in [0.5, 0.6) is 5.75 Å². The molecule has 4 rings (SSSR count). The van der Waals surface area contributed by atoms with Crippen molar-refractivity contribution in [2.45, 2.75) is 37.2 Å². The molecular formula is C23H29NO3. The molecule has 2 aromatic carbocycles. The smallest absolute Gasteiger partial charge is 0.115 e. The normalized spacial score (nSPS) is 21.4. The number of rotatable bonds is 7. The molecule has 1 saturated carbocycles. The van der Waals surface area contributed by atoms with Crippen LogP contribution in [0.3, 0.4) is 0 Å². The van der Waals surface area contributed by atoms with Crippen molar-refractivity contribution in [3.8, 4) is 5.75 Å². The zero-order valence-corrected chi connectivity index (χ0v) is 15.7. The average molecular weight is 367 g/mol. The molecule has 3 N–H and O–H groups in total. The van der Waals surface area contributed by atoms with Crippen molar-refractivity contribution in [3.63, 3.8) is 0 Å². The average Bonchev–Trinajstić information content (AvgIpc) is 2.60. The number of aliphatic hydroxyl groups excluding tert-OH is 1. The van der Waals surface area contributed by atoms with E-state index in [1.165, 1.54) is 5.56 Å². The summed E-state index contributed by atoms with van der Waals surface area (Å²) in [6, 6.07) is 17.6. The van der Waals surface area contributed by atoms with Gasteiger partial charge in [-0.25, -0.2) is 0 Å². The van der Waals surface area contributed by atoms with Crippen molar-refractivity contribution in [3.05, 3.63) is 65.7 Å². The number of likely N-dealkylation sites (tertiary alicyclic amines) is 1. The highest BCUT2D eigenvalue weighted by atomic mass is 16.3. The quantitative estimate of drug-likeness (QED) is 0.704. The molecule has 0 amide bonds. The monoisotopic (exact) mass is 367 g/mol. The fourth-order valence-corrected chi connectivity index (χ4v) is 5.28. The van der Waals surface area contributed by atoms with E-state index in [1.807, 2.05) is 30.3 Å². The van der Waals surface area contributed by atoms with Gasteiger partial charge in [0.15, 0.2) is 0 Å². The molecule has 1 atom stereocenters. The lowest BCUT2D eigenvalue weighted by molar-refractivity contribution is -0.189. The number of phenolic OH excluding ortho intramolecular Hbond substituents is 1. The van der Waals surface area contributed by atoms with Gasteiger partial charge in [-0.2, -0.15) is 0 Å². The minimum atomic E-state index is -0.547. The number of phenols is 1. The molecule has 0 aromatic heterocycles. The van der Waals surface area contributed by atoms with Crippen molar-refractivity contribution in [1.82, 2.24) is 4.90 Å². The van der Waals surface area contributed by atoms with E-state index in [4.69, 9.17) is 0 Å². The predicted molar refractivity (Wildman–Crippen MR) is 106 cm³/mol. The van der Waals surface area contributed by atoms with Gasteiger partial charge in [-0.15, -0.1) is 0 Å². The molecule has 1 saturated heterocycles. The SMILES string of the molecule is OCCC(CN1CC2(C1)CC(O)(Cc1ccccc1)C2)c1ccc(O)cc1. The fourth-order valence-electron chi connectivity index (χ4n) is 5.28. The van der Waals surface area contributed by atoms with Gasteiger partial charge in [0.25, 0.3) is 0 Å². The Morgan fingerprint density at radius 3 is 2.26 bits per heavy atom. The maximum atomic E-state index is 10.8. The van der Waals surface area contributed by atoms with Crippen molar-refractivity contribution in [2.75, 3.05) is 26.2 Å². The Kier molecular flexibility index (Phi) is 4.97. The third kappa shape index (κ3) is 4.03. The van der Waals surface area contributed by atoms with Gasteiger partial charge in [0.2, 0.25) is 0 Å². The van der Waals surface area contributed by atoms with Crippen molar-refractivity contribution < 1.29 is 15.3 Å². The highest BCUT2D eigenvalue weighted by Crippen LogP contribution is 2.55. The molecule has 1 heterocycles. The summed E-state index contributed by atoms with van der Waals surface area (Å²) in [7, 11) is 0. The lowest BCUT2D eigenvalue weighted by atomic mass is 9.54. The Labute approximate surface area is 161 Å². The minimum Gasteiger partial charge on any atom is -0.508 e. The maximum absolute atomic E-state index is 10.8. The molecule has 2 aliphatic rings. The van der Waals surface area contributed by atoms with E-state index in [2.05, 4.69) is 17.0 Å². The van der Waals surface area contributed by atoms with Crippen LogP contribution in [0, 0.1) is 5.41 Å². The third-order valence-electron chi connectivity index (χ3n) is 6.22. The Morgan fingerprint density at radius 2 is 1.63 bits per heavy atom. The molecule has 27 heavy (non-hydrogen) atoms. The van der Waals surface area contributed by atoms with Crippen LogP contribution in [0.1, 0.15) is 36.3 Å². The topological polar surface area (TPSA) is 63.9 Å². The van der Waals surface area contributed by atoms with Gasteiger partial charge >= 0.3 is 0 Å². The largest absolute Gasteiger partial charge is 0.508 e. The van der Waals surface area contributed by atoms with E-state index in [1.54, 1.807) is 12.1 Å². The summed E-state index contributed by atoms with van der Waals surface area (Å²) in [5.74, 6) is 0.549. The second kappa shape index (κ2) is 7.27. The zero-order chi connectivity index (χ0) is 18.9. The Bertz CT molecular complexity index is 745. The number of hydrogen-bond donors (Lipinski definition) is 3. The first kappa shape index (κ1) is 18.5. The number of benzene rings is 2. The van der Waals surface area contributed by atoms with Crippen molar-refractivity contribution >= 4 is 0 Å². The van der Waals surface area contributed by atoms with Gasteiger partial charge < -0.3 is 20.2 Å². The summed E-state index contributed by atoms with van der Waals surface area (Å²) in [6.45, 7) is 3.15. The number of aliphatic hydroxyl groups is 2. The molecule has 144 valence electrons. The third-order valence-corrected chi connectivity index (χ3v) is 6.22. The molecule has 0 bridgehead atoms. The Hall–Kier alpha value is -1.88. The second-order valence-corrected chi connectivity index (χ2v) is 8.71.